The molecule has 1 aliphatic rings. The highest BCUT2D eigenvalue weighted by Crippen LogP contribution is 2.28. The summed E-state index contributed by atoms with van der Waals surface area (Å²) in [7, 11) is 0. The van der Waals surface area contributed by atoms with Gasteiger partial charge in [-0.1, -0.05) is 0 Å². The maximum atomic E-state index is 5.70. The van der Waals surface area contributed by atoms with E-state index in [0.717, 1.165) is 24.2 Å². The SMILES string of the molecule is CCOc1nc(N)nc(-c2ccc(OC3CC3)cc2)n1. The van der Waals surface area contributed by atoms with E-state index in [1.165, 1.54) is 0 Å². The number of aromatic nitrogens is 3. The zero-order valence-electron chi connectivity index (χ0n) is 11.2. The van der Waals surface area contributed by atoms with Crippen LogP contribution in [0.2, 0.25) is 0 Å². The lowest BCUT2D eigenvalue weighted by atomic mass is 10.2. The Bertz CT molecular complexity index is 597. The topological polar surface area (TPSA) is 83.2 Å². The van der Waals surface area contributed by atoms with Gasteiger partial charge < -0.3 is 15.2 Å². The van der Waals surface area contributed by atoms with Crippen LogP contribution in [0.4, 0.5) is 5.95 Å². The molecule has 1 aliphatic carbocycles. The number of benzene rings is 1. The second-order valence-electron chi connectivity index (χ2n) is 4.57. The van der Waals surface area contributed by atoms with Crippen LogP contribution < -0.4 is 15.2 Å². The number of nitrogens with zero attached hydrogens (tertiary/aromatic N) is 3. The van der Waals surface area contributed by atoms with Crippen LogP contribution >= 0.6 is 0 Å². The smallest absolute Gasteiger partial charge is 0.321 e. The third kappa shape index (κ3) is 2.96. The molecule has 0 saturated heterocycles. The fraction of sp³-hybridized carbons (Fsp3) is 0.357. The Labute approximate surface area is 117 Å². The molecule has 1 heterocycles. The molecule has 20 heavy (non-hydrogen) atoms. The highest BCUT2D eigenvalue weighted by molar-refractivity contribution is 5.57. The van der Waals surface area contributed by atoms with E-state index in [2.05, 4.69) is 15.0 Å². The van der Waals surface area contributed by atoms with Crippen LogP contribution in [-0.2, 0) is 0 Å². The number of ether oxygens (including phenoxy) is 2. The number of hydrogen-bond acceptors (Lipinski definition) is 6. The third-order valence-corrected chi connectivity index (χ3v) is 2.85. The number of nitrogen functional groups attached to an aromatic ring is 1. The molecule has 0 radical (unpaired) electrons. The van der Waals surface area contributed by atoms with Crippen LogP contribution in [0.5, 0.6) is 11.8 Å². The second kappa shape index (κ2) is 5.32. The molecule has 0 atom stereocenters. The first-order valence-electron chi connectivity index (χ1n) is 6.66. The molecule has 0 bridgehead atoms. The molecule has 2 aromatic rings. The summed E-state index contributed by atoms with van der Waals surface area (Å²) in [6.07, 6.45) is 2.67. The van der Waals surface area contributed by atoms with Crippen LogP contribution in [0.1, 0.15) is 19.8 Å². The third-order valence-electron chi connectivity index (χ3n) is 2.85. The van der Waals surface area contributed by atoms with Gasteiger partial charge >= 0.3 is 6.01 Å². The molecule has 1 fully saturated rings. The fourth-order valence-corrected chi connectivity index (χ4v) is 1.76. The summed E-state index contributed by atoms with van der Waals surface area (Å²) >= 11 is 0. The lowest BCUT2D eigenvalue weighted by molar-refractivity contribution is 0.303. The van der Waals surface area contributed by atoms with Crippen molar-refractivity contribution in [2.75, 3.05) is 12.3 Å². The van der Waals surface area contributed by atoms with Gasteiger partial charge in [0.1, 0.15) is 5.75 Å². The number of rotatable bonds is 5. The van der Waals surface area contributed by atoms with Crippen molar-refractivity contribution in [1.29, 1.82) is 0 Å². The first-order chi connectivity index (χ1) is 9.74. The predicted octanol–water partition coefficient (Wildman–Crippen LogP) is 2.06. The van der Waals surface area contributed by atoms with Crippen molar-refractivity contribution in [3.8, 4) is 23.1 Å². The van der Waals surface area contributed by atoms with Gasteiger partial charge in [0.25, 0.3) is 0 Å². The maximum absolute atomic E-state index is 5.70. The minimum Gasteiger partial charge on any atom is -0.490 e. The van der Waals surface area contributed by atoms with Gasteiger partial charge in [0.15, 0.2) is 5.82 Å². The lowest BCUT2D eigenvalue weighted by Crippen LogP contribution is -2.04. The van der Waals surface area contributed by atoms with E-state index in [-0.39, 0.29) is 12.0 Å². The van der Waals surface area contributed by atoms with E-state index in [4.69, 9.17) is 15.2 Å². The second-order valence-corrected chi connectivity index (χ2v) is 4.57. The van der Waals surface area contributed by atoms with E-state index >= 15 is 0 Å². The fourth-order valence-electron chi connectivity index (χ4n) is 1.76. The summed E-state index contributed by atoms with van der Waals surface area (Å²) in [6, 6.07) is 7.88. The summed E-state index contributed by atoms with van der Waals surface area (Å²) in [6.45, 7) is 2.35. The van der Waals surface area contributed by atoms with Gasteiger partial charge in [0.2, 0.25) is 5.95 Å². The van der Waals surface area contributed by atoms with Crippen LogP contribution in [-0.4, -0.2) is 27.7 Å². The van der Waals surface area contributed by atoms with Crippen LogP contribution in [0, 0.1) is 0 Å². The van der Waals surface area contributed by atoms with E-state index in [1.807, 2.05) is 31.2 Å². The van der Waals surface area contributed by atoms with Crippen molar-refractivity contribution < 1.29 is 9.47 Å². The summed E-state index contributed by atoms with van der Waals surface area (Å²) in [5.41, 5.74) is 6.51. The van der Waals surface area contributed by atoms with E-state index in [1.54, 1.807) is 0 Å². The van der Waals surface area contributed by atoms with Crippen LogP contribution in [0.25, 0.3) is 11.4 Å². The van der Waals surface area contributed by atoms with Crippen molar-refractivity contribution >= 4 is 5.95 Å². The Hall–Kier alpha value is -2.37. The van der Waals surface area contributed by atoms with Gasteiger partial charge in [0, 0.05) is 5.56 Å². The van der Waals surface area contributed by atoms with Crippen LogP contribution in [0.15, 0.2) is 24.3 Å². The molecular formula is C14H16N4O2. The van der Waals surface area contributed by atoms with Gasteiger partial charge in [-0.25, -0.2) is 0 Å². The summed E-state index contributed by atoms with van der Waals surface area (Å²) < 4.78 is 11.0. The molecule has 2 N–H and O–H groups in total. The minimum absolute atomic E-state index is 0.150. The molecule has 6 nitrogen and oxygen atoms in total. The Morgan fingerprint density at radius 2 is 1.90 bits per heavy atom. The first-order valence-corrected chi connectivity index (χ1v) is 6.66. The van der Waals surface area contributed by atoms with Crippen molar-refractivity contribution in [2.45, 2.75) is 25.9 Å². The summed E-state index contributed by atoms with van der Waals surface area (Å²) in [4.78, 5) is 12.3. The molecule has 0 aliphatic heterocycles. The Morgan fingerprint density at radius 1 is 1.15 bits per heavy atom. The molecule has 1 saturated carbocycles. The molecule has 1 aromatic heterocycles. The number of hydrogen-bond donors (Lipinski definition) is 1. The predicted molar refractivity (Wildman–Crippen MR) is 74.5 cm³/mol. The van der Waals surface area contributed by atoms with Crippen molar-refractivity contribution in [1.82, 2.24) is 15.0 Å². The summed E-state index contributed by atoms with van der Waals surface area (Å²) in [5.74, 6) is 1.51. The van der Waals surface area contributed by atoms with Crippen molar-refractivity contribution in [2.24, 2.45) is 0 Å². The largest absolute Gasteiger partial charge is 0.490 e. The Morgan fingerprint density at radius 3 is 2.55 bits per heavy atom. The number of anilines is 1. The normalized spacial score (nSPS) is 14.1. The van der Waals surface area contributed by atoms with E-state index in [0.29, 0.717) is 18.5 Å². The molecule has 0 spiro atoms. The molecule has 104 valence electrons. The molecule has 6 heteroatoms. The zero-order chi connectivity index (χ0) is 13.9. The standard InChI is InChI=1S/C14H16N4O2/c1-2-19-14-17-12(16-13(15)18-14)9-3-5-10(6-4-9)20-11-7-8-11/h3-6,11H,2,7-8H2,1H3,(H2,15,16,17,18). The van der Waals surface area contributed by atoms with E-state index in [9.17, 15) is 0 Å². The highest BCUT2D eigenvalue weighted by Gasteiger charge is 2.23. The number of nitrogens with two attached hydrogens (primary N) is 1. The maximum Gasteiger partial charge on any atom is 0.321 e. The van der Waals surface area contributed by atoms with Gasteiger partial charge in [-0.15, -0.1) is 0 Å². The molecule has 3 rings (SSSR count). The monoisotopic (exact) mass is 272 g/mol. The Balaban J connectivity index is 1.83. The van der Waals surface area contributed by atoms with Gasteiger partial charge in [-0.05, 0) is 44.0 Å². The highest BCUT2D eigenvalue weighted by atomic mass is 16.5. The quantitative estimate of drug-likeness (QED) is 0.897. The average molecular weight is 272 g/mol. The summed E-state index contributed by atoms with van der Waals surface area (Å²) in [5, 5.41) is 0. The molecule has 0 unspecified atom stereocenters. The zero-order valence-corrected chi connectivity index (χ0v) is 11.2. The lowest BCUT2D eigenvalue weighted by Gasteiger charge is -2.07. The molecule has 1 aromatic carbocycles. The molecule has 0 amide bonds. The van der Waals surface area contributed by atoms with Crippen LogP contribution in [0.3, 0.4) is 0 Å². The van der Waals surface area contributed by atoms with Gasteiger partial charge in [0.05, 0.1) is 12.7 Å². The first kappa shape index (κ1) is 12.7. The Kier molecular flexibility index (Phi) is 3.37. The van der Waals surface area contributed by atoms with Gasteiger partial charge in [-0.2, -0.15) is 15.0 Å². The minimum atomic E-state index is 0.150. The van der Waals surface area contributed by atoms with Crippen molar-refractivity contribution in [3.05, 3.63) is 24.3 Å². The molecular weight excluding hydrogens is 256 g/mol. The van der Waals surface area contributed by atoms with Gasteiger partial charge in [-0.3, -0.25) is 0 Å². The van der Waals surface area contributed by atoms with Crippen molar-refractivity contribution in [3.63, 3.8) is 0 Å². The van der Waals surface area contributed by atoms with E-state index < -0.39 is 0 Å². The average Bonchev–Trinajstić information content (AvgIpc) is 3.23.